The Labute approximate surface area is 89.1 Å². The van der Waals surface area contributed by atoms with Crippen molar-refractivity contribution < 1.29 is 14.4 Å². The zero-order chi connectivity index (χ0) is 12.0. The van der Waals surface area contributed by atoms with E-state index in [0.29, 0.717) is 5.57 Å². The van der Waals surface area contributed by atoms with Gasteiger partial charge < -0.3 is 5.32 Å². The van der Waals surface area contributed by atoms with Gasteiger partial charge in [-0.1, -0.05) is 6.58 Å². The van der Waals surface area contributed by atoms with Crippen LogP contribution in [-0.4, -0.2) is 35.7 Å². The van der Waals surface area contributed by atoms with Crippen molar-refractivity contribution in [2.45, 2.75) is 20.8 Å². The summed E-state index contributed by atoms with van der Waals surface area (Å²) in [6, 6.07) is 0. The van der Waals surface area contributed by atoms with Crippen LogP contribution in [0.2, 0.25) is 0 Å². The fourth-order valence-corrected chi connectivity index (χ4v) is 0.976. The lowest BCUT2D eigenvalue weighted by Gasteiger charge is -2.18. The van der Waals surface area contributed by atoms with Crippen molar-refractivity contribution in [3.8, 4) is 0 Å². The van der Waals surface area contributed by atoms with E-state index in [4.69, 9.17) is 0 Å². The van der Waals surface area contributed by atoms with Crippen molar-refractivity contribution in [3.05, 3.63) is 12.2 Å². The molecule has 0 rings (SSSR count). The molecule has 5 heteroatoms. The highest BCUT2D eigenvalue weighted by molar-refractivity contribution is 6.02. The van der Waals surface area contributed by atoms with E-state index < -0.39 is 5.91 Å². The number of carbonyl (C=O) groups is 3. The zero-order valence-electron chi connectivity index (χ0n) is 9.29. The van der Waals surface area contributed by atoms with Gasteiger partial charge in [0.05, 0.1) is 0 Å². The summed E-state index contributed by atoms with van der Waals surface area (Å²) in [5, 5.41) is 2.51. The molecule has 1 N–H and O–H groups in total. The van der Waals surface area contributed by atoms with Crippen molar-refractivity contribution in [3.63, 3.8) is 0 Å². The molecule has 5 nitrogen and oxygen atoms in total. The Morgan fingerprint density at radius 2 is 1.73 bits per heavy atom. The molecule has 84 valence electrons. The molecule has 0 fully saturated rings. The molecule has 0 spiro atoms. The Kier molecular flexibility index (Phi) is 5.30. The smallest absolute Gasteiger partial charge is 0.255 e. The summed E-state index contributed by atoms with van der Waals surface area (Å²) in [5.74, 6) is -0.956. The lowest BCUT2D eigenvalue weighted by atomic mass is 10.3. The predicted molar refractivity (Wildman–Crippen MR) is 55.9 cm³/mol. The minimum Gasteiger partial charge on any atom is -0.355 e. The van der Waals surface area contributed by atoms with Crippen LogP contribution in [0.4, 0.5) is 0 Å². The molecule has 0 saturated heterocycles. The maximum atomic E-state index is 11.5. The zero-order valence-corrected chi connectivity index (χ0v) is 9.29. The largest absolute Gasteiger partial charge is 0.355 e. The highest BCUT2D eigenvalue weighted by Gasteiger charge is 2.17. The van der Waals surface area contributed by atoms with Crippen LogP contribution in [0.1, 0.15) is 20.8 Å². The van der Waals surface area contributed by atoms with Crippen LogP contribution < -0.4 is 5.32 Å². The average Bonchev–Trinajstić information content (AvgIpc) is 2.10. The van der Waals surface area contributed by atoms with Crippen LogP contribution in [0.15, 0.2) is 12.2 Å². The van der Waals surface area contributed by atoms with Crippen LogP contribution in [0, 0.1) is 0 Å². The Hall–Kier alpha value is -1.65. The highest BCUT2D eigenvalue weighted by Crippen LogP contribution is 1.98. The number of hydrogen-bond acceptors (Lipinski definition) is 3. The van der Waals surface area contributed by atoms with E-state index in [1.165, 1.54) is 20.8 Å². The lowest BCUT2D eigenvalue weighted by Crippen LogP contribution is -2.41. The fraction of sp³-hybridized carbons (Fsp3) is 0.500. The van der Waals surface area contributed by atoms with E-state index in [-0.39, 0.29) is 24.9 Å². The first kappa shape index (κ1) is 13.4. The average molecular weight is 212 g/mol. The summed E-state index contributed by atoms with van der Waals surface area (Å²) in [6.07, 6.45) is 0. The standard InChI is InChI=1S/C10H16N2O3/c1-7(2)10(15)12(9(4)14)6-5-11-8(3)13/h1,5-6H2,2-4H3,(H,11,13). The van der Waals surface area contributed by atoms with Crippen LogP contribution >= 0.6 is 0 Å². The summed E-state index contributed by atoms with van der Waals surface area (Å²) in [6.45, 7) is 8.11. The molecule has 15 heavy (non-hydrogen) atoms. The van der Waals surface area contributed by atoms with Crippen molar-refractivity contribution in [1.82, 2.24) is 10.2 Å². The summed E-state index contributed by atoms with van der Waals surface area (Å²) in [4.78, 5) is 34.2. The molecule has 0 unspecified atom stereocenters. The molecule has 0 heterocycles. The van der Waals surface area contributed by atoms with Crippen LogP contribution in [0.3, 0.4) is 0 Å². The van der Waals surface area contributed by atoms with Gasteiger partial charge in [0.1, 0.15) is 0 Å². The quantitative estimate of drug-likeness (QED) is 0.671. The molecule has 0 bridgehead atoms. The van der Waals surface area contributed by atoms with Gasteiger partial charge in [0, 0.05) is 32.5 Å². The first-order chi connectivity index (χ1) is 6.86. The molecule has 0 aromatic carbocycles. The molecule has 3 amide bonds. The highest BCUT2D eigenvalue weighted by atomic mass is 16.2. The van der Waals surface area contributed by atoms with Crippen LogP contribution in [-0.2, 0) is 14.4 Å². The number of nitrogens with one attached hydrogen (secondary N) is 1. The first-order valence-electron chi connectivity index (χ1n) is 4.58. The van der Waals surface area contributed by atoms with Gasteiger partial charge in [-0.15, -0.1) is 0 Å². The topological polar surface area (TPSA) is 66.5 Å². The van der Waals surface area contributed by atoms with E-state index >= 15 is 0 Å². The summed E-state index contributed by atoms with van der Waals surface area (Å²) >= 11 is 0. The Morgan fingerprint density at radius 3 is 2.07 bits per heavy atom. The Bertz CT molecular complexity index is 297. The van der Waals surface area contributed by atoms with Crippen molar-refractivity contribution in [2.24, 2.45) is 0 Å². The van der Waals surface area contributed by atoms with Gasteiger partial charge in [-0.2, -0.15) is 0 Å². The Balaban J connectivity index is 4.30. The molecule has 0 saturated carbocycles. The van der Waals surface area contributed by atoms with Gasteiger partial charge in [0.15, 0.2) is 0 Å². The summed E-state index contributed by atoms with van der Waals surface area (Å²) in [5.41, 5.74) is 0.299. The number of carbonyl (C=O) groups excluding carboxylic acids is 3. The van der Waals surface area contributed by atoms with Gasteiger partial charge in [0.25, 0.3) is 5.91 Å². The number of imide groups is 1. The number of hydrogen-bond donors (Lipinski definition) is 1. The molecule has 0 radical (unpaired) electrons. The van der Waals surface area contributed by atoms with Crippen molar-refractivity contribution in [1.29, 1.82) is 0 Å². The Morgan fingerprint density at radius 1 is 1.20 bits per heavy atom. The molecule has 0 aromatic heterocycles. The van der Waals surface area contributed by atoms with Gasteiger partial charge in [0.2, 0.25) is 11.8 Å². The third kappa shape index (κ3) is 4.95. The molecular formula is C10H16N2O3. The maximum Gasteiger partial charge on any atom is 0.255 e. The molecule has 0 aromatic rings. The van der Waals surface area contributed by atoms with Crippen molar-refractivity contribution >= 4 is 17.7 Å². The van der Waals surface area contributed by atoms with E-state index in [0.717, 1.165) is 4.90 Å². The lowest BCUT2D eigenvalue weighted by molar-refractivity contribution is -0.141. The fourth-order valence-electron chi connectivity index (χ4n) is 0.976. The maximum absolute atomic E-state index is 11.5. The predicted octanol–water partition coefficient (Wildman–Crippen LogP) is 0.0737. The second-order valence-corrected chi connectivity index (χ2v) is 3.24. The minimum atomic E-state index is -0.409. The molecule has 0 atom stereocenters. The summed E-state index contributed by atoms with van der Waals surface area (Å²) in [7, 11) is 0. The van der Waals surface area contributed by atoms with Crippen molar-refractivity contribution in [2.75, 3.05) is 13.1 Å². The second-order valence-electron chi connectivity index (χ2n) is 3.24. The SMILES string of the molecule is C=C(C)C(=O)N(CCNC(C)=O)C(C)=O. The third-order valence-corrected chi connectivity index (χ3v) is 1.70. The molecule has 0 aliphatic heterocycles. The van der Waals surface area contributed by atoms with E-state index in [1.807, 2.05) is 0 Å². The normalized spacial score (nSPS) is 9.27. The first-order valence-corrected chi connectivity index (χ1v) is 4.58. The number of rotatable bonds is 4. The van der Waals surface area contributed by atoms with Crippen LogP contribution in [0.25, 0.3) is 0 Å². The van der Waals surface area contributed by atoms with E-state index in [2.05, 4.69) is 11.9 Å². The van der Waals surface area contributed by atoms with E-state index in [9.17, 15) is 14.4 Å². The number of nitrogens with zero attached hydrogens (tertiary/aromatic N) is 1. The number of amides is 3. The van der Waals surface area contributed by atoms with Gasteiger partial charge >= 0.3 is 0 Å². The molecule has 0 aliphatic carbocycles. The molecule has 0 aliphatic rings. The van der Waals surface area contributed by atoms with Crippen LogP contribution in [0.5, 0.6) is 0 Å². The summed E-state index contributed by atoms with van der Waals surface area (Å²) < 4.78 is 0. The molecular weight excluding hydrogens is 196 g/mol. The second kappa shape index (κ2) is 5.95. The van der Waals surface area contributed by atoms with Gasteiger partial charge in [-0.05, 0) is 6.92 Å². The third-order valence-electron chi connectivity index (χ3n) is 1.70. The monoisotopic (exact) mass is 212 g/mol. The van der Waals surface area contributed by atoms with E-state index in [1.54, 1.807) is 0 Å². The van der Waals surface area contributed by atoms with Gasteiger partial charge in [-0.25, -0.2) is 0 Å². The minimum absolute atomic E-state index is 0.167. The van der Waals surface area contributed by atoms with Gasteiger partial charge in [-0.3, -0.25) is 19.3 Å².